The van der Waals surface area contributed by atoms with Gasteiger partial charge in [0.2, 0.25) is 0 Å². The summed E-state index contributed by atoms with van der Waals surface area (Å²) in [6, 6.07) is 2.26. The lowest BCUT2D eigenvalue weighted by molar-refractivity contribution is -0.174. The Hall–Kier alpha value is -2.45. The fourth-order valence-corrected chi connectivity index (χ4v) is 4.22. The van der Waals surface area contributed by atoms with Gasteiger partial charge in [-0.2, -0.15) is 18.3 Å². The van der Waals surface area contributed by atoms with E-state index in [1.807, 2.05) is 0 Å². The summed E-state index contributed by atoms with van der Waals surface area (Å²) in [6.07, 6.45) is 4.09. The summed E-state index contributed by atoms with van der Waals surface area (Å²) < 4.78 is 47.2. The average molecular weight is 410 g/mol. The predicted molar refractivity (Wildman–Crippen MR) is 101 cm³/mol. The molecule has 0 unspecified atom stereocenters. The van der Waals surface area contributed by atoms with Crippen LogP contribution in [0.25, 0.3) is 0 Å². The molecule has 2 aliphatic rings. The first-order chi connectivity index (χ1) is 13.9. The van der Waals surface area contributed by atoms with Gasteiger partial charge in [-0.1, -0.05) is 32.1 Å². The van der Waals surface area contributed by atoms with Crippen molar-refractivity contribution in [1.82, 2.24) is 15.1 Å². The van der Waals surface area contributed by atoms with E-state index in [-0.39, 0.29) is 24.0 Å². The number of nitrogens with zero attached hydrogens (tertiary/aromatic N) is 2. The van der Waals surface area contributed by atoms with Gasteiger partial charge in [0, 0.05) is 18.5 Å². The van der Waals surface area contributed by atoms with Crippen LogP contribution in [0.2, 0.25) is 0 Å². The number of amides is 1. The minimum Gasteiger partial charge on any atom is -0.467 e. The summed E-state index contributed by atoms with van der Waals surface area (Å²) in [5, 5.41) is 10.0. The van der Waals surface area contributed by atoms with Crippen LogP contribution in [0.1, 0.15) is 79.7 Å². The molecule has 4 rings (SSSR count). The van der Waals surface area contributed by atoms with Crippen molar-refractivity contribution in [3.05, 3.63) is 35.9 Å². The molecule has 0 radical (unpaired) electrons. The lowest BCUT2D eigenvalue weighted by atomic mass is 9.96. The van der Waals surface area contributed by atoms with Crippen molar-refractivity contribution < 1.29 is 22.4 Å². The molecule has 1 saturated carbocycles. The molecule has 1 aliphatic heterocycles. The van der Waals surface area contributed by atoms with E-state index in [1.54, 1.807) is 12.1 Å². The van der Waals surface area contributed by atoms with Gasteiger partial charge >= 0.3 is 6.18 Å². The van der Waals surface area contributed by atoms with Crippen molar-refractivity contribution in [1.29, 1.82) is 0 Å². The molecule has 2 atom stereocenters. The van der Waals surface area contributed by atoms with Crippen LogP contribution < -0.4 is 10.6 Å². The van der Waals surface area contributed by atoms with Gasteiger partial charge in [-0.15, -0.1) is 0 Å². The number of carbonyl (C=O) groups excluding carboxylic acids is 1. The summed E-state index contributed by atoms with van der Waals surface area (Å²) in [6.45, 7) is 0. The number of hydrogen-bond acceptors (Lipinski definition) is 4. The third-order valence-corrected chi connectivity index (χ3v) is 5.75. The third-order valence-electron chi connectivity index (χ3n) is 5.75. The van der Waals surface area contributed by atoms with Crippen LogP contribution >= 0.6 is 0 Å². The van der Waals surface area contributed by atoms with Crippen LogP contribution in [0.15, 0.2) is 28.9 Å². The average Bonchev–Trinajstić information content (AvgIpc) is 3.31. The van der Waals surface area contributed by atoms with E-state index in [1.165, 1.54) is 18.8 Å². The second kappa shape index (κ2) is 8.12. The maximum atomic E-state index is 13.7. The first kappa shape index (κ1) is 19.8. The molecule has 0 saturated heterocycles. The van der Waals surface area contributed by atoms with Gasteiger partial charge in [0.05, 0.1) is 12.3 Å². The van der Waals surface area contributed by atoms with E-state index >= 15 is 0 Å². The second-order valence-corrected chi connectivity index (χ2v) is 7.88. The minimum absolute atomic E-state index is 0.00362. The number of halogens is 3. The fourth-order valence-electron chi connectivity index (χ4n) is 4.22. The van der Waals surface area contributed by atoms with Crippen molar-refractivity contribution >= 4 is 11.7 Å². The Kier molecular flexibility index (Phi) is 5.56. The standard InChI is InChI=1S/C20H25F3N4O2/c21-20(22,23)17-11-14(16-9-6-10-29-16)25-18-12-15(26-27(17)18)19(28)24-13-7-4-2-1-3-5-8-13/h6,9-10,12-14,17,25H,1-5,7-8,11H2,(H,24,28)/t14-,17+/m0/s1. The molecule has 0 aromatic carbocycles. The molecular formula is C20H25F3N4O2. The Morgan fingerprint density at radius 3 is 2.59 bits per heavy atom. The second-order valence-electron chi connectivity index (χ2n) is 7.88. The number of furan rings is 1. The predicted octanol–water partition coefficient (Wildman–Crippen LogP) is 4.98. The van der Waals surface area contributed by atoms with Gasteiger partial charge in [-0.25, -0.2) is 4.68 Å². The minimum atomic E-state index is -4.49. The molecule has 2 aromatic heterocycles. The normalized spacial score (nSPS) is 23.6. The van der Waals surface area contributed by atoms with Crippen molar-refractivity contribution in [3.63, 3.8) is 0 Å². The molecule has 1 amide bonds. The summed E-state index contributed by atoms with van der Waals surface area (Å²) >= 11 is 0. The quantitative estimate of drug-likeness (QED) is 0.749. The van der Waals surface area contributed by atoms with Crippen LogP contribution in [0.4, 0.5) is 19.0 Å². The molecule has 6 nitrogen and oxygen atoms in total. The van der Waals surface area contributed by atoms with Gasteiger partial charge in [0.1, 0.15) is 11.6 Å². The molecule has 9 heteroatoms. The summed E-state index contributed by atoms with van der Waals surface area (Å²) in [7, 11) is 0. The number of rotatable bonds is 3. The van der Waals surface area contributed by atoms with E-state index in [0.29, 0.717) is 5.76 Å². The Morgan fingerprint density at radius 1 is 1.21 bits per heavy atom. The first-order valence-corrected chi connectivity index (χ1v) is 10.2. The molecule has 0 bridgehead atoms. The van der Waals surface area contributed by atoms with Crippen molar-refractivity contribution in [2.24, 2.45) is 0 Å². The number of fused-ring (bicyclic) bond motifs is 1. The largest absolute Gasteiger partial charge is 0.467 e. The number of aromatic nitrogens is 2. The van der Waals surface area contributed by atoms with Gasteiger partial charge < -0.3 is 15.1 Å². The van der Waals surface area contributed by atoms with Gasteiger partial charge in [0.15, 0.2) is 11.7 Å². The van der Waals surface area contributed by atoms with Crippen molar-refractivity contribution in [2.75, 3.05) is 5.32 Å². The van der Waals surface area contributed by atoms with Gasteiger partial charge in [-0.05, 0) is 25.0 Å². The lowest BCUT2D eigenvalue weighted by Crippen LogP contribution is -2.36. The van der Waals surface area contributed by atoms with E-state index < -0.39 is 24.2 Å². The molecule has 2 aromatic rings. The van der Waals surface area contributed by atoms with E-state index in [0.717, 1.165) is 43.2 Å². The zero-order valence-corrected chi connectivity index (χ0v) is 16.0. The maximum Gasteiger partial charge on any atom is 0.410 e. The van der Waals surface area contributed by atoms with Gasteiger partial charge in [-0.3, -0.25) is 4.79 Å². The highest BCUT2D eigenvalue weighted by molar-refractivity contribution is 5.93. The third kappa shape index (κ3) is 4.43. The van der Waals surface area contributed by atoms with E-state index in [4.69, 9.17) is 4.42 Å². The highest BCUT2D eigenvalue weighted by atomic mass is 19.4. The highest BCUT2D eigenvalue weighted by Gasteiger charge is 2.47. The van der Waals surface area contributed by atoms with Crippen LogP contribution in [0.5, 0.6) is 0 Å². The van der Waals surface area contributed by atoms with E-state index in [2.05, 4.69) is 15.7 Å². The SMILES string of the molecule is O=C(NC1CCCCCCC1)c1cc2n(n1)[C@@H](C(F)(F)F)C[C@@H](c1ccco1)N2. The number of nitrogens with one attached hydrogen (secondary N) is 2. The summed E-state index contributed by atoms with van der Waals surface area (Å²) in [5.74, 6) is 0.171. The molecule has 2 N–H and O–H groups in total. The Balaban J connectivity index is 1.54. The van der Waals surface area contributed by atoms with Crippen molar-refractivity contribution in [3.8, 4) is 0 Å². The van der Waals surface area contributed by atoms with Crippen LogP contribution in [0, 0.1) is 0 Å². The number of anilines is 1. The zero-order valence-electron chi connectivity index (χ0n) is 16.0. The lowest BCUT2D eigenvalue weighted by Gasteiger charge is -2.32. The van der Waals surface area contributed by atoms with E-state index in [9.17, 15) is 18.0 Å². The smallest absolute Gasteiger partial charge is 0.410 e. The first-order valence-electron chi connectivity index (χ1n) is 10.2. The summed E-state index contributed by atoms with van der Waals surface area (Å²) in [5.41, 5.74) is 0.00362. The molecular weight excluding hydrogens is 385 g/mol. The number of carbonyl (C=O) groups is 1. The monoisotopic (exact) mass is 410 g/mol. The highest BCUT2D eigenvalue weighted by Crippen LogP contribution is 2.43. The zero-order chi connectivity index (χ0) is 20.4. The number of alkyl halides is 3. The topological polar surface area (TPSA) is 72.1 Å². The van der Waals surface area contributed by atoms with Crippen LogP contribution in [0.3, 0.4) is 0 Å². The molecule has 1 fully saturated rings. The van der Waals surface area contributed by atoms with Crippen molar-refractivity contribution in [2.45, 2.75) is 75.7 Å². The maximum absolute atomic E-state index is 13.7. The van der Waals surface area contributed by atoms with Gasteiger partial charge in [0.25, 0.3) is 5.91 Å². The van der Waals surface area contributed by atoms with Crippen LogP contribution in [-0.2, 0) is 0 Å². The number of hydrogen-bond donors (Lipinski definition) is 2. The molecule has 29 heavy (non-hydrogen) atoms. The Labute approximate surface area is 166 Å². The molecule has 1 aliphatic carbocycles. The fraction of sp³-hybridized carbons (Fsp3) is 0.600. The molecule has 158 valence electrons. The molecule has 3 heterocycles. The Morgan fingerprint density at radius 2 is 1.93 bits per heavy atom. The van der Waals surface area contributed by atoms with Crippen LogP contribution in [-0.4, -0.2) is 27.9 Å². The Bertz CT molecular complexity index is 823. The summed E-state index contributed by atoms with van der Waals surface area (Å²) in [4.78, 5) is 12.7. The molecule has 0 spiro atoms.